The van der Waals surface area contributed by atoms with E-state index in [2.05, 4.69) is 80.8 Å². The Morgan fingerprint density at radius 1 is 0.778 bits per heavy atom. The molecule has 0 aromatic carbocycles. The van der Waals surface area contributed by atoms with Crippen molar-refractivity contribution in [1.29, 1.82) is 5.26 Å². The van der Waals surface area contributed by atoms with Crippen LogP contribution in [0.15, 0.2) is 32.9 Å². The molecular formula is C23H17N21O. The first-order valence-electron chi connectivity index (χ1n) is 12.8. The number of rotatable bonds is 6. The van der Waals surface area contributed by atoms with Crippen molar-refractivity contribution >= 4 is 40.0 Å². The van der Waals surface area contributed by atoms with Gasteiger partial charge in [-0.2, -0.15) is 50.0 Å². The van der Waals surface area contributed by atoms with E-state index in [0.717, 1.165) is 9.36 Å². The van der Waals surface area contributed by atoms with Crippen LogP contribution in [0.25, 0.3) is 28.0 Å². The number of fused-ring (bicyclic) bond motifs is 2. The van der Waals surface area contributed by atoms with Crippen LogP contribution in [-0.2, 0) is 0 Å². The molecule has 0 unspecified atom stereocenters. The van der Waals surface area contributed by atoms with Crippen molar-refractivity contribution in [2.45, 2.75) is 27.7 Å². The zero-order valence-electron chi connectivity index (χ0n) is 23.6. The van der Waals surface area contributed by atoms with Crippen LogP contribution < -0.4 is 0 Å². The molecule has 0 aliphatic rings. The van der Waals surface area contributed by atoms with E-state index in [-0.39, 0.29) is 34.8 Å². The van der Waals surface area contributed by atoms with Crippen LogP contribution in [0.5, 0.6) is 6.01 Å². The Morgan fingerprint density at radius 3 is 1.87 bits per heavy atom. The molecule has 22 heteroatoms. The van der Waals surface area contributed by atoms with Gasteiger partial charge in [0.15, 0.2) is 34.3 Å². The highest BCUT2D eigenvalue weighted by atomic mass is 16.3. The maximum absolute atomic E-state index is 10.5. The normalized spacial score (nSPS) is 11.9. The second kappa shape index (κ2) is 9.95. The molecule has 0 aliphatic carbocycles. The summed E-state index contributed by atoms with van der Waals surface area (Å²) < 4.78 is 4.97. The Bertz CT molecular complexity index is 2260. The maximum atomic E-state index is 10.5. The minimum absolute atomic E-state index is 0.0271. The Morgan fingerprint density at radius 2 is 1.31 bits per heavy atom. The summed E-state index contributed by atoms with van der Waals surface area (Å²) in [4.78, 5) is 21.8. The Labute approximate surface area is 249 Å². The number of aromatic nitrogens is 15. The van der Waals surface area contributed by atoms with Crippen molar-refractivity contribution < 1.29 is 5.11 Å². The molecule has 3 N–H and O–H groups in total. The molecule has 220 valence electrons. The van der Waals surface area contributed by atoms with Gasteiger partial charge in [0.25, 0.3) is 17.6 Å². The molecule has 0 atom stereocenters. The van der Waals surface area contributed by atoms with E-state index in [1.165, 1.54) is 21.7 Å². The van der Waals surface area contributed by atoms with Gasteiger partial charge >= 0.3 is 6.01 Å². The number of nitrogens with one attached hydrogen (secondary N) is 2. The fourth-order valence-corrected chi connectivity index (χ4v) is 4.33. The number of H-pyrrole nitrogens is 2. The first-order chi connectivity index (χ1) is 21.7. The summed E-state index contributed by atoms with van der Waals surface area (Å²) >= 11 is 0. The van der Waals surface area contributed by atoms with Gasteiger partial charge in [0.1, 0.15) is 23.3 Å². The lowest BCUT2D eigenvalue weighted by molar-refractivity contribution is 0.423. The number of hydrogen-bond donors (Lipinski definition) is 3. The summed E-state index contributed by atoms with van der Waals surface area (Å²) in [6, 6.07) is 1.29. The second-order valence-electron chi connectivity index (χ2n) is 9.38. The van der Waals surface area contributed by atoms with Gasteiger partial charge in [0.05, 0.1) is 30.4 Å². The molecule has 0 saturated heterocycles. The number of aryl methyl sites for hydroxylation is 4. The largest absolute Gasteiger partial charge is 0.479 e. The number of nitrogens with zero attached hydrogens (tertiary/aromatic N) is 19. The smallest absolute Gasteiger partial charge is 0.320 e. The Hall–Kier alpha value is -7.23. The van der Waals surface area contributed by atoms with Crippen molar-refractivity contribution in [2.75, 3.05) is 0 Å². The van der Waals surface area contributed by atoms with Gasteiger partial charge in [-0.3, -0.25) is 0 Å². The summed E-state index contributed by atoms with van der Waals surface area (Å²) in [7, 11) is 0. The van der Waals surface area contributed by atoms with Crippen LogP contribution in [-0.4, -0.2) is 79.2 Å². The topological polar surface area (TPSA) is 264 Å². The van der Waals surface area contributed by atoms with Crippen molar-refractivity contribution in [3.8, 4) is 24.0 Å². The molecule has 7 heterocycles. The molecule has 0 bridgehead atoms. The molecule has 0 aliphatic heterocycles. The predicted molar refractivity (Wildman–Crippen MR) is 149 cm³/mol. The maximum Gasteiger partial charge on any atom is 0.320 e. The molecule has 7 aromatic rings. The lowest BCUT2D eigenvalue weighted by Crippen LogP contribution is -2.09. The van der Waals surface area contributed by atoms with E-state index in [1.807, 2.05) is 6.07 Å². The highest BCUT2D eigenvalue weighted by Crippen LogP contribution is 2.34. The van der Waals surface area contributed by atoms with E-state index in [0.29, 0.717) is 45.7 Å². The van der Waals surface area contributed by atoms with E-state index >= 15 is 0 Å². The molecule has 45 heavy (non-hydrogen) atoms. The van der Waals surface area contributed by atoms with E-state index in [9.17, 15) is 10.4 Å². The fourth-order valence-electron chi connectivity index (χ4n) is 4.33. The quantitative estimate of drug-likeness (QED) is 0.183. The fraction of sp³-hybridized carbons (Fsp3) is 0.174. The SMILES string of the molecule is [C-]#[N+]c1cnn(-c2nc(O)nc(-n3ncc(C#N)c3N=Nc3c(C)nn4nc(C)[nH]c34)n2)c1N=Nc1c(C)nn2nc(C)[nH]c12. The third kappa shape index (κ3) is 4.38. The van der Waals surface area contributed by atoms with Gasteiger partial charge < -0.3 is 15.1 Å². The van der Waals surface area contributed by atoms with Gasteiger partial charge in [0, 0.05) is 0 Å². The lowest BCUT2D eigenvalue weighted by atomic mass is 10.4. The van der Waals surface area contributed by atoms with Crippen LogP contribution in [0.3, 0.4) is 0 Å². The van der Waals surface area contributed by atoms with Crippen molar-refractivity contribution in [2.24, 2.45) is 20.5 Å². The van der Waals surface area contributed by atoms with Crippen LogP contribution in [0.1, 0.15) is 28.6 Å². The highest BCUT2D eigenvalue weighted by molar-refractivity contribution is 5.68. The Balaban J connectivity index is 1.30. The third-order valence-electron chi connectivity index (χ3n) is 6.29. The van der Waals surface area contributed by atoms with Crippen LogP contribution in [0.2, 0.25) is 0 Å². The van der Waals surface area contributed by atoms with Gasteiger partial charge in [-0.05, 0) is 27.7 Å². The van der Waals surface area contributed by atoms with Crippen molar-refractivity contribution in [3.63, 3.8) is 0 Å². The summed E-state index contributed by atoms with van der Waals surface area (Å²) in [5.41, 5.74) is 2.94. The monoisotopic (exact) mass is 603 g/mol. The molecule has 7 aromatic heterocycles. The van der Waals surface area contributed by atoms with E-state index < -0.39 is 6.01 Å². The van der Waals surface area contributed by atoms with Crippen LogP contribution >= 0.6 is 0 Å². The number of nitriles is 1. The average molecular weight is 604 g/mol. The van der Waals surface area contributed by atoms with Crippen LogP contribution in [0.4, 0.5) is 28.7 Å². The van der Waals surface area contributed by atoms with Gasteiger partial charge in [-0.1, -0.05) is 0 Å². The average Bonchev–Trinajstić information content (AvgIpc) is 3.83. The number of azo groups is 2. The summed E-state index contributed by atoms with van der Waals surface area (Å²) in [6.07, 6.45) is 2.49. The summed E-state index contributed by atoms with van der Waals surface area (Å²) in [5, 5.41) is 62.7. The second-order valence-corrected chi connectivity index (χ2v) is 9.38. The molecule has 0 spiro atoms. The Kier molecular flexibility index (Phi) is 5.89. The predicted octanol–water partition coefficient (Wildman–Crippen LogP) is 3.18. The van der Waals surface area contributed by atoms with Crippen molar-refractivity contribution in [1.82, 2.24) is 74.1 Å². The molecule has 0 amide bonds. The summed E-state index contributed by atoms with van der Waals surface area (Å²) in [5.74, 6) is 0.707. The standard InChI is InChI=1S/C23H17N21O/c1-9-15(19-28-11(3)39-43(19)37-9)33-35-17-13(6-24)7-26-41(17)21-30-22(32-23(45)31-21)42-18(14(25-5)8-27-42)36-34-16-10(2)38-44-20(16)29-12(4)40-44/h7-8H,1-4H3,(H,28,39)(H,29,40)(H,30,31,32,45). The van der Waals surface area contributed by atoms with Gasteiger partial charge in [-0.15, -0.1) is 39.9 Å². The molecular weight excluding hydrogens is 586 g/mol. The van der Waals surface area contributed by atoms with Gasteiger partial charge in [-0.25, -0.2) is 4.85 Å². The number of aromatic amines is 2. The minimum atomic E-state index is -0.709. The first-order valence-corrected chi connectivity index (χ1v) is 12.8. The highest BCUT2D eigenvalue weighted by Gasteiger charge is 2.22. The third-order valence-corrected chi connectivity index (χ3v) is 6.29. The molecule has 0 radical (unpaired) electrons. The van der Waals surface area contributed by atoms with Gasteiger partial charge in [0.2, 0.25) is 0 Å². The van der Waals surface area contributed by atoms with Crippen molar-refractivity contribution in [3.05, 3.63) is 52.4 Å². The first kappa shape index (κ1) is 26.7. The van der Waals surface area contributed by atoms with E-state index in [1.54, 1.807) is 27.7 Å². The minimum Gasteiger partial charge on any atom is -0.479 e. The molecule has 22 nitrogen and oxygen atoms in total. The zero-order valence-corrected chi connectivity index (χ0v) is 23.6. The molecule has 0 saturated carbocycles. The number of hydrogen-bond acceptors (Lipinski definition) is 15. The molecule has 7 rings (SSSR count). The zero-order chi connectivity index (χ0) is 31.4. The number of aromatic hydroxyl groups is 1. The van der Waals surface area contributed by atoms with E-state index in [4.69, 9.17) is 6.57 Å². The molecule has 0 fully saturated rings. The van der Waals surface area contributed by atoms with Crippen LogP contribution in [0, 0.1) is 45.6 Å². The lowest BCUT2D eigenvalue weighted by Gasteiger charge is -2.06. The summed E-state index contributed by atoms with van der Waals surface area (Å²) in [6.45, 7) is 14.6.